The SMILES string of the molecule is COCC1CCN(CC(=O)Nc2ccc(F)c(NC(=O)c3cnn4cc(-c5cnn6c5CCC6)ncc34)c2)CC1. The van der Waals surface area contributed by atoms with Crippen LogP contribution in [-0.2, 0) is 22.5 Å². The average Bonchev–Trinajstić information content (AvgIpc) is 3.68. The third-order valence-electron chi connectivity index (χ3n) is 7.63. The van der Waals surface area contributed by atoms with Crippen molar-refractivity contribution in [3.8, 4) is 11.3 Å². The molecule has 0 bridgehead atoms. The molecule has 40 heavy (non-hydrogen) atoms. The molecule has 0 radical (unpaired) electrons. The molecule has 6 rings (SSSR count). The van der Waals surface area contributed by atoms with Crippen LogP contribution in [0.15, 0.2) is 43.0 Å². The molecule has 5 heterocycles. The number of anilines is 2. The quantitative estimate of drug-likeness (QED) is 0.348. The van der Waals surface area contributed by atoms with E-state index in [1.165, 1.54) is 24.4 Å². The van der Waals surface area contributed by atoms with Gasteiger partial charge in [0.1, 0.15) is 5.82 Å². The Morgan fingerprint density at radius 2 is 1.95 bits per heavy atom. The third-order valence-corrected chi connectivity index (χ3v) is 7.63. The highest BCUT2D eigenvalue weighted by atomic mass is 19.1. The number of nitrogens with zero attached hydrogens (tertiary/aromatic N) is 6. The van der Waals surface area contributed by atoms with Gasteiger partial charge in [0, 0.05) is 37.2 Å². The third kappa shape index (κ3) is 5.32. The first kappa shape index (κ1) is 26.1. The van der Waals surface area contributed by atoms with E-state index in [0.717, 1.165) is 68.9 Å². The number of aromatic nitrogens is 5. The summed E-state index contributed by atoms with van der Waals surface area (Å²) in [4.78, 5) is 32.4. The molecule has 0 unspecified atom stereocenters. The summed E-state index contributed by atoms with van der Waals surface area (Å²) in [5, 5.41) is 14.2. The summed E-state index contributed by atoms with van der Waals surface area (Å²) in [6.45, 7) is 3.54. The summed E-state index contributed by atoms with van der Waals surface area (Å²) in [6.07, 6.45) is 10.6. The van der Waals surface area contributed by atoms with Crippen molar-refractivity contribution < 1.29 is 18.7 Å². The highest BCUT2D eigenvalue weighted by Gasteiger charge is 2.22. The molecule has 12 heteroatoms. The van der Waals surface area contributed by atoms with Crippen molar-refractivity contribution in [3.05, 3.63) is 60.1 Å². The summed E-state index contributed by atoms with van der Waals surface area (Å²) in [7, 11) is 1.71. The molecule has 0 atom stereocenters. The van der Waals surface area contributed by atoms with E-state index in [4.69, 9.17) is 4.74 Å². The molecule has 2 aliphatic heterocycles. The number of rotatable bonds is 8. The number of benzene rings is 1. The van der Waals surface area contributed by atoms with Crippen molar-refractivity contribution in [2.45, 2.75) is 32.2 Å². The smallest absolute Gasteiger partial charge is 0.259 e. The second-order valence-electron chi connectivity index (χ2n) is 10.4. The number of amides is 2. The van der Waals surface area contributed by atoms with Gasteiger partial charge in [-0.05, 0) is 62.9 Å². The second-order valence-corrected chi connectivity index (χ2v) is 10.4. The molecule has 3 aromatic heterocycles. The fourth-order valence-corrected chi connectivity index (χ4v) is 5.51. The van der Waals surface area contributed by atoms with Gasteiger partial charge in [-0.3, -0.25) is 24.2 Å². The Hall–Kier alpha value is -4.16. The maximum Gasteiger partial charge on any atom is 0.259 e. The summed E-state index contributed by atoms with van der Waals surface area (Å²) in [5.74, 6) is -0.811. The maximum absolute atomic E-state index is 14.6. The van der Waals surface area contributed by atoms with Gasteiger partial charge in [-0.15, -0.1) is 0 Å². The van der Waals surface area contributed by atoms with Gasteiger partial charge in [-0.1, -0.05) is 0 Å². The van der Waals surface area contributed by atoms with Gasteiger partial charge in [-0.25, -0.2) is 8.91 Å². The molecule has 1 saturated heterocycles. The van der Waals surface area contributed by atoms with Crippen molar-refractivity contribution in [1.82, 2.24) is 29.3 Å². The molecular formula is C28H31FN8O3. The molecule has 2 amide bonds. The number of carbonyl (C=O) groups is 2. The summed E-state index contributed by atoms with van der Waals surface area (Å²) < 4.78 is 23.4. The predicted octanol–water partition coefficient (Wildman–Crippen LogP) is 3.23. The fraction of sp³-hybridized carbons (Fsp3) is 0.393. The van der Waals surface area contributed by atoms with Crippen molar-refractivity contribution in [1.29, 1.82) is 0 Å². The minimum atomic E-state index is -0.612. The highest BCUT2D eigenvalue weighted by Crippen LogP contribution is 2.28. The van der Waals surface area contributed by atoms with Gasteiger partial charge in [0.15, 0.2) is 0 Å². The van der Waals surface area contributed by atoms with Crippen LogP contribution in [0.1, 0.15) is 35.3 Å². The molecule has 208 valence electrons. The molecule has 0 aliphatic carbocycles. The minimum absolute atomic E-state index is 0.0393. The predicted molar refractivity (Wildman–Crippen MR) is 147 cm³/mol. The lowest BCUT2D eigenvalue weighted by Crippen LogP contribution is -2.40. The largest absolute Gasteiger partial charge is 0.384 e. The molecule has 11 nitrogen and oxygen atoms in total. The lowest BCUT2D eigenvalue weighted by molar-refractivity contribution is -0.117. The second kappa shape index (κ2) is 11.1. The number of aryl methyl sites for hydroxylation is 1. The number of halogens is 1. The van der Waals surface area contributed by atoms with Gasteiger partial charge in [-0.2, -0.15) is 10.2 Å². The molecular weight excluding hydrogens is 515 g/mol. The first-order valence-electron chi connectivity index (χ1n) is 13.5. The van der Waals surface area contributed by atoms with Crippen LogP contribution < -0.4 is 10.6 Å². The van der Waals surface area contributed by atoms with Gasteiger partial charge < -0.3 is 15.4 Å². The summed E-state index contributed by atoms with van der Waals surface area (Å²) in [5.41, 5.74) is 3.93. The molecule has 1 fully saturated rings. The zero-order valence-corrected chi connectivity index (χ0v) is 22.3. The van der Waals surface area contributed by atoms with Crippen LogP contribution in [0.2, 0.25) is 0 Å². The van der Waals surface area contributed by atoms with E-state index in [1.54, 1.807) is 30.2 Å². The van der Waals surface area contributed by atoms with Crippen LogP contribution in [0.5, 0.6) is 0 Å². The number of piperidine rings is 1. The molecule has 4 aromatic rings. The van der Waals surface area contributed by atoms with Crippen LogP contribution in [0.4, 0.5) is 15.8 Å². The molecule has 0 saturated carbocycles. The summed E-state index contributed by atoms with van der Waals surface area (Å²) in [6, 6.07) is 4.11. The Morgan fingerprint density at radius 1 is 1.10 bits per heavy atom. The average molecular weight is 547 g/mol. The lowest BCUT2D eigenvalue weighted by atomic mass is 9.98. The first-order valence-corrected chi connectivity index (χ1v) is 13.5. The van der Waals surface area contributed by atoms with Gasteiger partial charge in [0.25, 0.3) is 5.91 Å². The van der Waals surface area contributed by atoms with Crippen LogP contribution in [0, 0.1) is 11.7 Å². The zero-order chi connectivity index (χ0) is 27.6. The van der Waals surface area contributed by atoms with Crippen molar-refractivity contribution >= 4 is 28.7 Å². The fourth-order valence-electron chi connectivity index (χ4n) is 5.51. The van der Waals surface area contributed by atoms with E-state index in [9.17, 15) is 14.0 Å². The van der Waals surface area contributed by atoms with E-state index in [1.807, 2.05) is 4.68 Å². The summed E-state index contributed by atoms with van der Waals surface area (Å²) >= 11 is 0. The number of likely N-dealkylation sites (tertiary alicyclic amines) is 1. The molecule has 1 aromatic carbocycles. The monoisotopic (exact) mass is 546 g/mol. The molecule has 0 spiro atoms. The van der Waals surface area contributed by atoms with Crippen LogP contribution in [0.25, 0.3) is 16.8 Å². The van der Waals surface area contributed by atoms with E-state index < -0.39 is 11.7 Å². The van der Waals surface area contributed by atoms with Crippen LogP contribution in [0.3, 0.4) is 0 Å². The highest BCUT2D eigenvalue weighted by molar-refractivity contribution is 6.09. The van der Waals surface area contributed by atoms with Crippen molar-refractivity contribution in [2.24, 2.45) is 5.92 Å². The Labute approximate surface area is 230 Å². The van der Waals surface area contributed by atoms with E-state index in [-0.39, 0.29) is 23.7 Å². The standard InChI is InChI=1S/C28H31FN8O3/c1-40-17-18-6-9-35(10-7-18)16-27(38)33-19-4-5-22(29)23(11-19)34-28(39)21-13-32-37-15-24(30-14-26(21)37)20-12-31-36-8-2-3-25(20)36/h4-5,11-15,18H,2-3,6-10,16-17H2,1H3,(H,33,38)(H,34,39). The van der Waals surface area contributed by atoms with Gasteiger partial charge in [0.05, 0.1) is 53.8 Å². The van der Waals surface area contributed by atoms with E-state index in [0.29, 0.717) is 17.1 Å². The Kier molecular flexibility index (Phi) is 7.27. The minimum Gasteiger partial charge on any atom is -0.384 e. The van der Waals surface area contributed by atoms with Crippen LogP contribution >= 0.6 is 0 Å². The number of fused-ring (bicyclic) bond motifs is 2. The zero-order valence-electron chi connectivity index (χ0n) is 22.3. The number of carbonyl (C=O) groups excluding carboxylic acids is 2. The van der Waals surface area contributed by atoms with Gasteiger partial charge in [0.2, 0.25) is 5.91 Å². The Bertz CT molecular complexity index is 1560. The number of hydrogen-bond donors (Lipinski definition) is 2. The number of nitrogens with one attached hydrogen (secondary N) is 2. The topological polar surface area (TPSA) is 119 Å². The Morgan fingerprint density at radius 3 is 2.77 bits per heavy atom. The number of methoxy groups -OCH3 is 1. The van der Waals surface area contributed by atoms with Gasteiger partial charge >= 0.3 is 0 Å². The number of hydrogen-bond acceptors (Lipinski definition) is 7. The number of ether oxygens (including phenoxy) is 1. The first-order chi connectivity index (χ1) is 19.5. The lowest BCUT2D eigenvalue weighted by Gasteiger charge is -2.31. The normalized spacial score (nSPS) is 15.8. The Balaban J connectivity index is 1.11. The van der Waals surface area contributed by atoms with E-state index in [2.05, 4.69) is 30.7 Å². The van der Waals surface area contributed by atoms with Crippen molar-refractivity contribution in [3.63, 3.8) is 0 Å². The van der Waals surface area contributed by atoms with E-state index >= 15 is 0 Å². The molecule has 2 N–H and O–H groups in total. The maximum atomic E-state index is 14.6. The van der Waals surface area contributed by atoms with Crippen LogP contribution in [-0.4, -0.2) is 74.4 Å². The van der Waals surface area contributed by atoms with Crippen molar-refractivity contribution in [2.75, 3.05) is 44.0 Å². The molecule has 2 aliphatic rings.